The van der Waals surface area contributed by atoms with Crippen molar-refractivity contribution in [1.29, 1.82) is 0 Å². The summed E-state index contributed by atoms with van der Waals surface area (Å²) in [5.41, 5.74) is 5.70. The molecule has 1 heterocycles. The molecule has 0 bridgehead atoms. The fraction of sp³-hybridized carbons (Fsp3) is 1.00. The minimum atomic E-state index is 0. The third-order valence-electron chi connectivity index (χ3n) is 2.84. The molecule has 1 aliphatic carbocycles. The molecular formula is C8H16ClNO. The first kappa shape index (κ1) is 9.30. The van der Waals surface area contributed by atoms with Crippen molar-refractivity contribution in [3.8, 4) is 0 Å². The summed E-state index contributed by atoms with van der Waals surface area (Å²) in [6.07, 6.45) is 3.76. The van der Waals surface area contributed by atoms with Gasteiger partial charge in [0, 0.05) is 19.3 Å². The molecule has 0 aromatic heterocycles. The summed E-state index contributed by atoms with van der Waals surface area (Å²) in [7, 11) is 0. The molecule has 11 heavy (non-hydrogen) atoms. The van der Waals surface area contributed by atoms with E-state index in [9.17, 15) is 0 Å². The maximum Gasteiger partial charge on any atom is 0.0497 e. The molecule has 2 rings (SSSR count). The zero-order chi connectivity index (χ0) is 6.97. The van der Waals surface area contributed by atoms with Gasteiger partial charge in [-0.05, 0) is 31.1 Å². The highest BCUT2D eigenvalue weighted by molar-refractivity contribution is 5.85. The molecule has 0 amide bonds. The highest BCUT2D eigenvalue weighted by Gasteiger charge is 2.34. The zero-order valence-corrected chi connectivity index (χ0v) is 7.48. The number of nitrogens with two attached hydrogens (primary N) is 1. The Labute approximate surface area is 73.9 Å². The fourth-order valence-corrected chi connectivity index (χ4v) is 2.02. The van der Waals surface area contributed by atoms with E-state index in [4.69, 9.17) is 10.5 Å². The molecule has 2 N–H and O–H groups in total. The number of hydrogen-bond donors (Lipinski definition) is 1. The van der Waals surface area contributed by atoms with Crippen molar-refractivity contribution in [3.05, 3.63) is 0 Å². The SMILES string of the molecule is Cl.NC1CC(C2CCOC2)C1. The van der Waals surface area contributed by atoms with Crippen LogP contribution in [-0.4, -0.2) is 19.3 Å². The first-order valence-electron chi connectivity index (χ1n) is 4.19. The lowest BCUT2D eigenvalue weighted by molar-refractivity contribution is 0.133. The van der Waals surface area contributed by atoms with E-state index in [1.807, 2.05) is 0 Å². The van der Waals surface area contributed by atoms with Gasteiger partial charge in [-0.3, -0.25) is 0 Å². The average molecular weight is 178 g/mol. The van der Waals surface area contributed by atoms with Gasteiger partial charge < -0.3 is 10.5 Å². The van der Waals surface area contributed by atoms with E-state index < -0.39 is 0 Å². The molecule has 66 valence electrons. The van der Waals surface area contributed by atoms with Crippen LogP contribution in [0, 0.1) is 11.8 Å². The van der Waals surface area contributed by atoms with Crippen LogP contribution in [0.25, 0.3) is 0 Å². The van der Waals surface area contributed by atoms with Crippen molar-refractivity contribution in [2.45, 2.75) is 25.3 Å². The predicted molar refractivity (Wildman–Crippen MR) is 46.9 cm³/mol. The van der Waals surface area contributed by atoms with Crippen molar-refractivity contribution >= 4 is 12.4 Å². The van der Waals surface area contributed by atoms with Crippen LogP contribution in [0.3, 0.4) is 0 Å². The summed E-state index contributed by atoms with van der Waals surface area (Å²) in [5, 5.41) is 0. The molecule has 3 heteroatoms. The van der Waals surface area contributed by atoms with Crippen molar-refractivity contribution < 1.29 is 4.74 Å². The number of halogens is 1. The smallest absolute Gasteiger partial charge is 0.0497 e. The first-order valence-corrected chi connectivity index (χ1v) is 4.19. The van der Waals surface area contributed by atoms with E-state index in [1.54, 1.807) is 0 Å². The van der Waals surface area contributed by atoms with E-state index in [0.29, 0.717) is 6.04 Å². The Kier molecular flexibility index (Phi) is 3.16. The van der Waals surface area contributed by atoms with Gasteiger partial charge in [-0.1, -0.05) is 0 Å². The second kappa shape index (κ2) is 3.74. The number of hydrogen-bond acceptors (Lipinski definition) is 2. The van der Waals surface area contributed by atoms with E-state index in [1.165, 1.54) is 19.3 Å². The van der Waals surface area contributed by atoms with Crippen molar-refractivity contribution in [2.24, 2.45) is 17.6 Å². The van der Waals surface area contributed by atoms with Gasteiger partial charge in [0.15, 0.2) is 0 Å². The van der Waals surface area contributed by atoms with Gasteiger partial charge in [0.25, 0.3) is 0 Å². The highest BCUT2D eigenvalue weighted by Crippen LogP contribution is 2.36. The molecule has 1 atom stereocenters. The summed E-state index contributed by atoms with van der Waals surface area (Å²) in [5.74, 6) is 1.75. The van der Waals surface area contributed by atoms with Crippen LogP contribution in [0.1, 0.15) is 19.3 Å². The molecule has 1 saturated heterocycles. The van der Waals surface area contributed by atoms with Gasteiger partial charge >= 0.3 is 0 Å². The minimum absolute atomic E-state index is 0. The molecular weight excluding hydrogens is 162 g/mol. The van der Waals surface area contributed by atoms with Crippen molar-refractivity contribution in [3.63, 3.8) is 0 Å². The molecule has 0 aromatic carbocycles. The largest absolute Gasteiger partial charge is 0.381 e. The maximum atomic E-state index is 5.70. The van der Waals surface area contributed by atoms with E-state index in [0.717, 1.165) is 25.0 Å². The first-order chi connectivity index (χ1) is 4.86. The average Bonchev–Trinajstić information content (AvgIpc) is 2.31. The minimum Gasteiger partial charge on any atom is -0.381 e. The van der Waals surface area contributed by atoms with Crippen LogP contribution in [0.4, 0.5) is 0 Å². The fourth-order valence-electron chi connectivity index (χ4n) is 2.02. The van der Waals surface area contributed by atoms with Crippen LogP contribution in [0.2, 0.25) is 0 Å². The van der Waals surface area contributed by atoms with Crippen LogP contribution >= 0.6 is 12.4 Å². The molecule has 1 saturated carbocycles. The molecule has 2 fully saturated rings. The lowest BCUT2D eigenvalue weighted by atomic mass is 9.72. The summed E-state index contributed by atoms with van der Waals surface area (Å²) in [4.78, 5) is 0. The molecule has 1 unspecified atom stereocenters. The van der Waals surface area contributed by atoms with Gasteiger partial charge in [0.2, 0.25) is 0 Å². The third kappa shape index (κ3) is 1.86. The molecule has 0 radical (unpaired) electrons. The van der Waals surface area contributed by atoms with Crippen molar-refractivity contribution in [1.82, 2.24) is 0 Å². The summed E-state index contributed by atoms with van der Waals surface area (Å²) in [6.45, 7) is 1.98. The van der Waals surface area contributed by atoms with Gasteiger partial charge in [0.1, 0.15) is 0 Å². The highest BCUT2D eigenvalue weighted by atomic mass is 35.5. The van der Waals surface area contributed by atoms with Crippen LogP contribution in [-0.2, 0) is 4.74 Å². The Hall–Kier alpha value is 0.210. The van der Waals surface area contributed by atoms with Gasteiger partial charge in [-0.25, -0.2) is 0 Å². The lowest BCUT2D eigenvalue weighted by Gasteiger charge is -2.36. The van der Waals surface area contributed by atoms with Crippen LogP contribution < -0.4 is 5.73 Å². The van der Waals surface area contributed by atoms with E-state index in [2.05, 4.69) is 0 Å². The Balaban J connectivity index is 0.000000605. The van der Waals surface area contributed by atoms with Crippen molar-refractivity contribution in [2.75, 3.05) is 13.2 Å². The Morgan fingerprint density at radius 2 is 1.91 bits per heavy atom. The quantitative estimate of drug-likeness (QED) is 0.653. The zero-order valence-electron chi connectivity index (χ0n) is 6.66. The topological polar surface area (TPSA) is 35.2 Å². The Morgan fingerprint density at radius 3 is 2.36 bits per heavy atom. The summed E-state index contributed by atoms with van der Waals surface area (Å²) < 4.78 is 5.31. The summed E-state index contributed by atoms with van der Waals surface area (Å²) in [6, 6.07) is 0.505. The molecule has 0 spiro atoms. The number of rotatable bonds is 1. The lowest BCUT2D eigenvalue weighted by Crippen LogP contribution is -2.40. The second-order valence-electron chi connectivity index (χ2n) is 3.62. The monoisotopic (exact) mass is 177 g/mol. The molecule has 0 aromatic rings. The number of ether oxygens (including phenoxy) is 1. The maximum absolute atomic E-state index is 5.70. The normalized spacial score (nSPS) is 42.8. The summed E-state index contributed by atoms with van der Waals surface area (Å²) >= 11 is 0. The molecule has 2 nitrogen and oxygen atoms in total. The predicted octanol–water partition coefficient (Wildman–Crippen LogP) is 1.18. The van der Waals surface area contributed by atoms with Crippen LogP contribution in [0.5, 0.6) is 0 Å². The van der Waals surface area contributed by atoms with E-state index in [-0.39, 0.29) is 12.4 Å². The van der Waals surface area contributed by atoms with Gasteiger partial charge in [-0.2, -0.15) is 0 Å². The standard InChI is InChI=1S/C8H15NO.ClH/c9-8-3-7(4-8)6-1-2-10-5-6;/h6-8H,1-5,9H2;1H. The molecule has 1 aliphatic heterocycles. The van der Waals surface area contributed by atoms with Gasteiger partial charge in [-0.15, -0.1) is 12.4 Å². The third-order valence-corrected chi connectivity index (χ3v) is 2.84. The second-order valence-corrected chi connectivity index (χ2v) is 3.62. The van der Waals surface area contributed by atoms with E-state index >= 15 is 0 Å². The Morgan fingerprint density at radius 1 is 1.18 bits per heavy atom. The van der Waals surface area contributed by atoms with Gasteiger partial charge in [0.05, 0.1) is 0 Å². The van der Waals surface area contributed by atoms with Crippen LogP contribution in [0.15, 0.2) is 0 Å². The Bertz CT molecular complexity index is 119. The molecule has 2 aliphatic rings.